The Morgan fingerprint density at radius 3 is 2.44 bits per heavy atom. The van der Waals surface area contributed by atoms with Crippen LogP contribution in [0.2, 0.25) is 0 Å². The van der Waals surface area contributed by atoms with Gasteiger partial charge in [0.15, 0.2) is 5.76 Å². The maximum atomic E-state index is 10.3. The summed E-state index contributed by atoms with van der Waals surface area (Å²) in [5.41, 5.74) is 5.11. The molecular formula is C16H28N6O3. The lowest BCUT2D eigenvalue weighted by atomic mass is 9.92. The van der Waals surface area contributed by atoms with Crippen molar-refractivity contribution >= 4 is 0 Å². The molecule has 0 amide bonds. The van der Waals surface area contributed by atoms with E-state index in [0.717, 1.165) is 5.56 Å². The summed E-state index contributed by atoms with van der Waals surface area (Å²) in [5.74, 6) is 12.1. The van der Waals surface area contributed by atoms with Crippen LogP contribution in [0, 0.1) is 0 Å². The molecule has 2 atom stereocenters. The van der Waals surface area contributed by atoms with Crippen LogP contribution >= 0.6 is 0 Å². The Balaban J connectivity index is 2.42. The fraction of sp³-hybridized carbons (Fsp3) is 0.500. The molecule has 2 unspecified atom stereocenters. The molecule has 0 bridgehead atoms. The lowest BCUT2D eigenvalue weighted by Gasteiger charge is -2.32. The van der Waals surface area contributed by atoms with Gasteiger partial charge in [-0.25, -0.2) is 10.9 Å². The minimum Gasteiger partial charge on any atom is -0.508 e. The number of aliphatic hydroxyl groups is 1. The van der Waals surface area contributed by atoms with Gasteiger partial charge in [-0.05, 0) is 31.9 Å². The van der Waals surface area contributed by atoms with Crippen LogP contribution in [-0.4, -0.2) is 22.7 Å². The van der Waals surface area contributed by atoms with Gasteiger partial charge in [-0.2, -0.15) is 0 Å². The number of ether oxygens (including phenoxy) is 1. The van der Waals surface area contributed by atoms with Gasteiger partial charge >= 0.3 is 0 Å². The summed E-state index contributed by atoms with van der Waals surface area (Å²) in [7, 11) is 0. The van der Waals surface area contributed by atoms with Gasteiger partial charge in [-0.1, -0.05) is 13.8 Å². The standard InChI is InChI=1S/C16H28N6O3/c1-8(2)9-5-11(23)10(16(3,4)24)6-12(9)25-13-7-19-15(22-18)20-14(13)21-17/h5-8,14-15,19-24H,17-18H2,1-4H3. The number of phenolic OH excluding ortho intramolecular Hbond substituents is 1. The largest absolute Gasteiger partial charge is 0.508 e. The van der Waals surface area contributed by atoms with Crippen molar-refractivity contribution < 1.29 is 14.9 Å². The third-order valence-electron chi connectivity index (χ3n) is 3.98. The SMILES string of the molecule is CC(C)c1cc(O)c(C(C)(C)O)cc1OC1=CNC(NN)NC1NN. The zero-order valence-corrected chi connectivity index (χ0v) is 14.9. The van der Waals surface area contributed by atoms with Gasteiger partial charge in [0.05, 0.1) is 5.60 Å². The van der Waals surface area contributed by atoms with Gasteiger partial charge < -0.3 is 20.3 Å². The van der Waals surface area contributed by atoms with E-state index in [-0.39, 0.29) is 18.0 Å². The Bertz CT molecular complexity index is 641. The van der Waals surface area contributed by atoms with Crippen molar-refractivity contribution in [2.24, 2.45) is 11.7 Å². The molecule has 1 aromatic carbocycles. The van der Waals surface area contributed by atoms with Crippen molar-refractivity contribution in [2.45, 2.75) is 51.7 Å². The third kappa shape index (κ3) is 4.40. The van der Waals surface area contributed by atoms with Gasteiger partial charge in [-0.15, -0.1) is 0 Å². The molecule has 1 aliphatic rings. The number of hydrogen-bond acceptors (Lipinski definition) is 9. The van der Waals surface area contributed by atoms with Gasteiger partial charge in [0.25, 0.3) is 0 Å². The van der Waals surface area contributed by atoms with Crippen LogP contribution in [0.1, 0.15) is 44.7 Å². The highest BCUT2D eigenvalue weighted by Crippen LogP contribution is 2.38. The van der Waals surface area contributed by atoms with E-state index < -0.39 is 11.8 Å². The van der Waals surface area contributed by atoms with Crippen LogP contribution in [-0.2, 0) is 5.60 Å². The van der Waals surface area contributed by atoms with E-state index in [2.05, 4.69) is 21.5 Å². The number of benzene rings is 1. The number of nitrogens with one attached hydrogen (secondary N) is 4. The number of rotatable bonds is 6. The zero-order valence-electron chi connectivity index (χ0n) is 14.9. The molecule has 0 aliphatic carbocycles. The molecule has 0 aromatic heterocycles. The average Bonchev–Trinajstić information content (AvgIpc) is 2.55. The Labute approximate surface area is 147 Å². The monoisotopic (exact) mass is 352 g/mol. The molecule has 25 heavy (non-hydrogen) atoms. The summed E-state index contributed by atoms with van der Waals surface area (Å²) in [6.45, 7) is 7.19. The van der Waals surface area contributed by atoms with E-state index in [0.29, 0.717) is 17.1 Å². The van der Waals surface area contributed by atoms with Crippen molar-refractivity contribution in [3.8, 4) is 11.5 Å². The van der Waals surface area contributed by atoms with Crippen LogP contribution in [0.5, 0.6) is 11.5 Å². The number of hydrazine groups is 2. The van der Waals surface area contributed by atoms with E-state index in [1.165, 1.54) is 0 Å². The molecule has 9 heteroatoms. The van der Waals surface area contributed by atoms with E-state index in [4.69, 9.17) is 16.4 Å². The predicted octanol–water partition coefficient (Wildman–Crippen LogP) is -0.308. The fourth-order valence-corrected chi connectivity index (χ4v) is 2.60. The Morgan fingerprint density at radius 2 is 1.92 bits per heavy atom. The number of nitrogens with two attached hydrogens (primary N) is 2. The molecule has 9 nitrogen and oxygen atoms in total. The first-order valence-electron chi connectivity index (χ1n) is 8.09. The Hall–Kier alpha value is -1.88. The van der Waals surface area contributed by atoms with Gasteiger partial charge in [0, 0.05) is 17.3 Å². The van der Waals surface area contributed by atoms with Gasteiger partial charge in [0.1, 0.15) is 24.0 Å². The maximum Gasteiger partial charge on any atom is 0.153 e. The zero-order chi connectivity index (χ0) is 18.8. The summed E-state index contributed by atoms with van der Waals surface area (Å²) in [4.78, 5) is 0. The Morgan fingerprint density at radius 1 is 1.24 bits per heavy atom. The topological polar surface area (TPSA) is 150 Å². The van der Waals surface area contributed by atoms with E-state index in [1.54, 1.807) is 32.2 Å². The van der Waals surface area contributed by atoms with Crippen LogP contribution in [0.15, 0.2) is 24.1 Å². The second-order valence-corrected chi connectivity index (χ2v) is 6.80. The molecule has 1 aromatic rings. The third-order valence-corrected chi connectivity index (χ3v) is 3.98. The second kappa shape index (κ2) is 7.56. The van der Waals surface area contributed by atoms with Crippen molar-refractivity contribution in [1.29, 1.82) is 0 Å². The molecule has 0 saturated carbocycles. The Kier molecular flexibility index (Phi) is 5.88. The first-order valence-corrected chi connectivity index (χ1v) is 8.09. The molecule has 140 valence electrons. The smallest absolute Gasteiger partial charge is 0.153 e. The summed E-state index contributed by atoms with van der Waals surface area (Å²) >= 11 is 0. The van der Waals surface area contributed by atoms with E-state index in [1.807, 2.05) is 13.8 Å². The molecule has 0 spiro atoms. The van der Waals surface area contributed by atoms with Crippen molar-refractivity contribution in [1.82, 2.24) is 21.5 Å². The number of phenols is 1. The van der Waals surface area contributed by atoms with Crippen LogP contribution in [0.4, 0.5) is 0 Å². The molecule has 2 rings (SSSR count). The number of hydrogen-bond donors (Lipinski definition) is 8. The molecule has 1 heterocycles. The summed E-state index contributed by atoms with van der Waals surface area (Å²) in [6, 6.07) is 3.26. The predicted molar refractivity (Wildman–Crippen MR) is 94.6 cm³/mol. The summed E-state index contributed by atoms with van der Waals surface area (Å²) < 4.78 is 6.04. The van der Waals surface area contributed by atoms with Crippen molar-refractivity contribution in [3.63, 3.8) is 0 Å². The van der Waals surface area contributed by atoms with Crippen LogP contribution < -0.4 is 37.9 Å². The van der Waals surface area contributed by atoms with Crippen LogP contribution in [0.3, 0.4) is 0 Å². The summed E-state index contributed by atoms with van der Waals surface area (Å²) in [5, 5.41) is 26.6. The normalized spacial score (nSPS) is 21.0. The quantitative estimate of drug-likeness (QED) is 0.255. The second-order valence-electron chi connectivity index (χ2n) is 6.80. The van der Waals surface area contributed by atoms with Crippen molar-refractivity contribution in [3.05, 3.63) is 35.2 Å². The van der Waals surface area contributed by atoms with E-state index in [9.17, 15) is 10.2 Å². The van der Waals surface area contributed by atoms with Crippen LogP contribution in [0.25, 0.3) is 0 Å². The first-order chi connectivity index (χ1) is 11.7. The van der Waals surface area contributed by atoms with Crippen molar-refractivity contribution in [2.75, 3.05) is 0 Å². The molecule has 1 aliphatic heterocycles. The van der Waals surface area contributed by atoms with Gasteiger partial charge in [-0.3, -0.25) is 17.0 Å². The molecular weight excluding hydrogens is 324 g/mol. The maximum absolute atomic E-state index is 10.3. The first kappa shape index (κ1) is 19.4. The fourth-order valence-electron chi connectivity index (χ4n) is 2.60. The minimum absolute atomic E-state index is 0.0262. The van der Waals surface area contributed by atoms with E-state index >= 15 is 0 Å². The molecule has 0 radical (unpaired) electrons. The molecule has 10 N–H and O–H groups in total. The highest BCUT2D eigenvalue weighted by Gasteiger charge is 2.27. The highest BCUT2D eigenvalue weighted by molar-refractivity contribution is 5.49. The lowest BCUT2D eigenvalue weighted by Crippen LogP contribution is -2.64. The lowest BCUT2D eigenvalue weighted by molar-refractivity contribution is 0.0754. The van der Waals surface area contributed by atoms with Gasteiger partial charge in [0.2, 0.25) is 0 Å². The molecule has 0 saturated heterocycles. The molecule has 0 fully saturated rings. The summed E-state index contributed by atoms with van der Waals surface area (Å²) in [6.07, 6.45) is 0.790. The minimum atomic E-state index is -1.21. The highest BCUT2D eigenvalue weighted by atomic mass is 16.5. The average molecular weight is 352 g/mol. The number of aromatic hydroxyl groups is 1.